The average Bonchev–Trinajstić information content (AvgIpc) is 3.15. The molecule has 24 heavy (non-hydrogen) atoms. The van der Waals surface area contributed by atoms with Crippen molar-refractivity contribution in [2.75, 3.05) is 13.1 Å². The van der Waals surface area contributed by atoms with Crippen molar-refractivity contribution in [3.8, 4) is 0 Å². The number of ketones is 2. The highest BCUT2D eigenvalue weighted by Crippen LogP contribution is 2.23. The van der Waals surface area contributed by atoms with Gasteiger partial charge in [-0.15, -0.1) is 0 Å². The SMILES string of the molecule is CCN1CC(C(=O)c2occc2Cc2ccc(F)cc2)C(=O)C1=O. The number of benzene rings is 1. The molecule has 124 valence electrons. The molecular formula is C18H16FNO4. The number of Topliss-reactive ketones (excluding diaryl/α,β-unsaturated/α-hetero) is 2. The topological polar surface area (TPSA) is 67.6 Å². The quantitative estimate of drug-likeness (QED) is 0.479. The Bertz CT molecular complexity index is 794. The van der Waals surface area contributed by atoms with Crippen LogP contribution in [0.25, 0.3) is 0 Å². The highest BCUT2D eigenvalue weighted by molar-refractivity contribution is 6.43. The molecule has 0 radical (unpaired) electrons. The van der Waals surface area contributed by atoms with Crippen LogP contribution in [0, 0.1) is 11.7 Å². The van der Waals surface area contributed by atoms with Crippen LogP contribution in [0.1, 0.15) is 28.6 Å². The molecule has 1 aliphatic heterocycles. The predicted octanol–water partition coefficient (Wildman–Crippen LogP) is 2.24. The maximum atomic E-state index is 13.0. The number of halogens is 1. The van der Waals surface area contributed by atoms with Gasteiger partial charge >= 0.3 is 0 Å². The number of nitrogens with zero attached hydrogens (tertiary/aromatic N) is 1. The first-order valence-electron chi connectivity index (χ1n) is 7.69. The van der Waals surface area contributed by atoms with E-state index in [0.717, 1.165) is 5.56 Å². The lowest BCUT2D eigenvalue weighted by molar-refractivity contribution is -0.140. The van der Waals surface area contributed by atoms with Crippen molar-refractivity contribution < 1.29 is 23.2 Å². The number of likely N-dealkylation sites (tertiary alicyclic amines) is 1. The van der Waals surface area contributed by atoms with E-state index in [2.05, 4.69) is 0 Å². The lowest BCUT2D eigenvalue weighted by Crippen LogP contribution is -2.26. The monoisotopic (exact) mass is 329 g/mol. The number of hydrogen-bond donors (Lipinski definition) is 0. The number of carbonyl (C=O) groups is 3. The molecule has 1 unspecified atom stereocenters. The van der Waals surface area contributed by atoms with Crippen LogP contribution in [0.4, 0.5) is 4.39 Å². The summed E-state index contributed by atoms with van der Waals surface area (Å²) in [6.07, 6.45) is 1.76. The smallest absolute Gasteiger partial charge is 0.290 e. The molecule has 0 N–H and O–H groups in total. The zero-order valence-electron chi connectivity index (χ0n) is 13.1. The minimum absolute atomic E-state index is 0.0865. The highest BCUT2D eigenvalue weighted by atomic mass is 19.1. The van der Waals surface area contributed by atoms with E-state index in [0.29, 0.717) is 18.5 Å². The van der Waals surface area contributed by atoms with Gasteiger partial charge in [-0.3, -0.25) is 14.4 Å². The molecule has 1 atom stereocenters. The van der Waals surface area contributed by atoms with Crippen molar-refractivity contribution in [3.05, 3.63) is 59.3 Å². The summed E-state index contributed by atoms with van der Waals surface area (Å²) in [5.74, 6) is -3.06. The maximum Gasteiger partial charge on any atom is 0.290 e. The second kappa shape index (κ2) is 6.39. The lowest BCUT2D eigenvalue weighted by Gasteiger charge is -2.11. The van der Waals surface area contributed by atoms with Gasteiger partial charge in [-0.25, -0.2) is 4.39 Å². The van der Waals surface area contributed by atoms with E-state index in [9.17, 15) is 18.8 Å². The zero-order valence-corrected chi connectivity index (χ0v) is 13.1. The molecule has 0 bridgehead atoms. The molecular weight excluding hydrogens is 313 g/mol. The summed E-state index contributed by atoms with van der Waals surface area (Å²) in [5.41, 5.74) is 1.43. The Kier molecular flexibility index (Phi) is 4.29. The number of amides is 1. The number of furan rings is 1. The van der Waals surface area contributed by atoms with Crippen LogP contribution in [-0.4, -0.2) is 35.5 Å². The van der Waals surface area contributed by atoms with E-state index >= 15 is 0 Å². The van der Waals surface area contributed by atoms with Gasteiger partial charge in [0.15, 0.2) is 5.76 Å². The Hall–Kier alpha value is -2.76. The molecule has 0 aliphatic carbocycles. The third-order valence-corrected chi connectivity index (χ3v) is 4.19. The normalized spacial score (nSPS) is 17.6. The third-order valence-electron chi connectivity index (χ3n) is 4.19. The Labute approximate surface area is 138 Å². The fourth-order valence-corrected chi connectivity index (χ4v) is 2.84. The van der Waals surface area contributed by atoms with Gasteiger partial charge in [0.25, 0.3) is 5.91 Å². The van der Waals surface area contributed by atoms with Gasteiger partial charge in [0.05, 0.1) is 6.26 Å². The van der Waals surface area contributed by atoms with Crippen LogP contribution in [0.2, 0.25) is 0 Å². The largest absolute Gasteiger partial charge is 0.461 e. The van der Waals surface area contributed by atoms with Crippen molar-refractivity contribution in [3.63, 3.8) is 0 Å². The number of likely N-dealkylation sites (N-methyl/N-ethyl adjacent to an activating group) is 1. The minimum atomic E-state index is -1.02. The van der Waals surface area contributed by atoms with Crippen LogP contribution < -0.4 is 0 Å². The summed E-state index contributed by atoms with van der Waals surface area (Å²) in [4.78, 5) is 37.8. The molecule has 6 heteroatoms. The van der Waals surface area contributed by atoms with E-state index in [1.165, 1.54) is 23.3 Å². The molecule has 1 aliphatic rings. The number of hydrogen-bond acceptors (Lipinski definition) is 4. The van der Waals surface area contributed by atoms with E-state index in [-0.39, 0.29) is 18.1 Å². The van der Waals surface area contributed by atoms with Crippen molar-refractivity contribution in [2.24, 2.45) is 5.92 Å². The first kappa shape index (κ1) is 16.1. The molecule has 1 amide bonds. The summed E-state index contributed by atoms with van der Waals surface area (Å²) >= 11 is 0. The molecule has 3 rings (SSSR count). The Morgan fingerprint density at radius 3 is 2.58 bits per heavy atom. The van der Waals surface area contributed by atoms with Gasteiger partial charge in [0.2, 0.25) is 11.6 Å². The predicted molar refractivity (Wildman–Crippen MR) is 83.0 cm³/mol. The fourth-order valence-electron chi connectivity index (χ4n) is 2.84. The highest BCUT2D eigenvalue weighted by Gasteiger charge is 2.43. The van der Waals surface area contributed by atoms with Crippen LogP contribution in [0.3, 0.4) is 0 Å². The van der Waals surface area contributed by atoms with Crippen molar-refractivity contribution >= 4 is 17.5 Å². The van der Waals surface area contributed by atoms with E-state index < -0.39 is 23.4 Å². The Balaban J connectivity index is 1.82. The average molecular weight is 329 g/mol. The van der Waals surface area contributed by atoms with Gasteiger partial charge in [-0.05, 0) is 30.7 Å². The Morgan fingerprint density at radius 2 is 1.96 bits per heavy atom. The number of carbonyl (C=O) groups excluding carboxylic acids is 3. The van der Waals surface area contributed by atoms with Crippen LogP contribution in [0.15, 0.2) is 41.0 Å². The van der Waals surface area contributed by atoms with Crippen LogP contribution >= 0.6 is 0 Å². The minimum Gasteiger partial charge on any atom is -0.461 e. The lowest BCUT2D eigenvalue weighted by atomic mass is 9.96. The van der Waals surface area contributed by atoms with Crippen LogP contribution in [-0.2, 0) is 16.0 Å². The van der Waals surface area contributed by atoms with Gasteiger partial charge in [-0.1, -0.05) is 12.1 Å². The first-order chi connectivity index (χ1) is 11.5. The Morgan fingerprint density at radius 1 is 1.25 bits per heavy atom. The molecule has 1 aromatic carbocycles. The second-order valence-electron chi connectivity index (χ2n) is 5.70. The van der Waals surface area contributed by atoms with Crippen molar-refractivity contribution in [1.29, 1.82) is 0 Å². The van der Waals surface area contributed by atoms with Gasteiger partial charge < -0.3 is 9.32 Å². The van der Waals surface area contributed by atoms with Crippen molar-refractivity contribution in [2.45, 2.75) is 13.3 Å². The summed E-state index contributed by atoms with van der Waals surface area (Å²) in [5, 5.41) is 0. The molecule has 2 heterocycles. The van der Waals surface area contributed by atoms with Gasteiger partial charge in [0.1, 0.15) is 11.7 Å². The summed E-state index contributed by atoms with van der Waals surface area (Å²) in [6, 6.07) is 7.58. The van der Waals surface area contributed by atoms with Crippen LogP contribution in [0.5, 0.6) is 0 Å². The number of rotatable bonds is 5. The molecule has 0 spiro atoms. The zero-order chi connectivity index (χ0) is 17.3. The van der Waals surface area contributed by atoms with Gasteiger partial charge in [0, 0.05) is 25.1 Å². The van der Waals surface area contributed by atoms with E-state index in [1.54, 1.807) is 25.1 Å². The summed E-state index contributed by atoms with van der Waals surface area (Å²) in [7, 11) is 0. The molecule has 5 nitrogen and oxygen atoms in total. The summed E-state index contributed by atoms with van der Waals surface area (Å²) < 4.78 is 18.3. The van der Waals surface area contributed by atoms with Crippen molar-refractivity contribution in [1.82, 2.24) is 4.90 Å². The third kappa shape index (κ3) is 2.87. The standard InChI is InChI=1S/C18H16FNO4/c1-2-20-10-14(16(22)18(20)23)15(21)17-12(7-8-24-17)9-11-3-5-13(19)6-4-11/h3-8,14H,2,9-10H2,1H3. The second-order valence-corrected chi connectivity index (χ2v) is 5.70. The first-order valence-corrected chi connectivity index (χ1v) is 7.69. The molecule has 1 saturated heterocycles. The molecule has 1 aromatic heterocycles. The van der Waals surface area contributed by atoms with Gasteiger partial charge in [-0.2, -0.15) is 0 Å². The van der Waals surface area contributed by atoms with E-state index in [4.69, 9.17) is 4.42 Å². The van der Waals surface area contributed by atoms with E-state index in [1.807, 2.05) is 0 Å². The molecule has 1 fully saturated rings. The maximum absolute atomic E-state index is 13.0. The fraction of sp³-hybridized carbons (Fsp3) is 0.278. The molecule has 0 saturated carbocycles. The molecule has 2 aromatic rings. The summed E-state index contributed by atoms with van der Waals surface area (Å²) in [6.45, 7) is 2.23.